The normalized spacial score (nSPS) is 15.9. The third kappa shape index (κ3) is 5.94. The Kier molecular flexibility index (Phi) is 8.26. The standard InChI is InChI=1S/C15H22BrN3O.ClH/c1-18(11-13-5-2-3-6-14(13)16)15(20)12-19-9-4-7-17-8-10-19;/h2-3,5-6,17H,4,7-12H2,1H3;1H. The van der Waals surface area contributed by atoms with Crippen LogP contribution in [0.25, 0.3) is 0 Å². The summed E-state index contributed by atoms with van der Waals surface area (Å²) in [7, 11) is 1.87. The molecule has 1 heterocycles. The molecule has 1 aliphatic heterocycles. The van der Waals surface area contributed by atoms with Gasteiger partial charge in [0.1, 0.15) is 0 Å². The monoisotopic (exact) mass is 375 g/mol. The highest BCUT2D eigenvalue weighted by molar-refractivity contribution is 9.10. The number of carbonyl (C=O) groups excluding carboxylic acids is 1. The number of benzene rings is 1. The minimum absolute atomic E-state index is 0. The smallest absolute Gasteiger partial charge is 0.236 e. The van der Waals surface area contributed by atoms with Crippen LogP contribution in [0.3, 0.4) is 0 Å². The van der Waals surface area contributed by atoms with Gasteiger partial charge in [0.25, 0.3) is 0 Å². The van der Waals surface area contributed by atoms with E-state index >= 15 is 0 Å². The van der Waals surface area contributed by atoms with E-state index in [9.17, 15) is 4.79 Å². The van der Waals surface area contributed by atoms with Crippen molar-refractivity contribution in [1.29, 1.82) is 0 Å². The molecule has 0 aliphatic carbocycles. The fourth-order valence-corrected chi connectivity index (χ4v) is 2.75. The molecule has 1 amide bonds. The summed E-state index contributed by atoms with van der Waals surface area (Å²) in [5, 5.41) is 3.35. The summed E-state index contributed by atoms with van der Waals surface area (Å²) in [5.41, 5.74) is 1.14. The molecule has 2 rings (SSSR count). The van der Waals surface area contributed by atoms with Crippen molar-refractivity contribution < 1.29 is 4.79 Å². The van der Waals surface area contributed by atoms with Gasteiger partial charge in [-0.15, -0.1) is 12.4 Å². The summed E-state index contributed by atoms with van der Waals surface area (Å²) in [5.74, 6) is 0.183. The molecule has 6 heteroatoms. The van der Waals surface area contributed by atoms with Gasteiger partial charge in [0.2, 0.25) is 5.91 Å². The number of amides is 1. The molecular formula is C15H23BrClN3O. The Balaban J connectivity index is 0.00000220. The zero-order chi connectivity index (χ0) is 14.4. The van der Waals surface area contributed by atoms with Crippen LogP contribution < -0.4 is 5.32 Å². The second-order valence-electron chi connectivity index (χ2n) is 5.22. The van der Waals surface area contributed by atoms with Crippen LogP contribution in [0.5, 0.6) is 0 Å². The molecule has 1 aromatic carbocycles. The van der Waals surface area contributed by atoms with Gasteiger partial charge in [-0.05, 0) is 31.1 Å². The molecule has 21 heavy (non-hydrogen) atoms. The predicted molar refractivity (Wildman–Crippen MR) is 91.8 cm³/mol. The van der Waals surface area contributed by atoms with E-state index < -0.39 is 0 Å². The lowest BCUT2D eigenvalue weighted by Crippen LogP contribution is -2.39. The quantitative estimate of drug-likeness (QED) is 0.874. The van der Waals surface area contributed by atoms with Crippen LogP contribution in [0.15, 0.2) is 28.7 Å². The minimum atomic E-state index is 0. The summed E-state index contributed by atoms with van der Waals surface area (Å²) in [4.78, 5) is 16.3. The van der Waals surface area contributed by atoms with E-state index in [0.717, 1.165) is 42.6 Å². The molecule has 4 nitrogen and oxygen atoms in total. The summed E-state index contributed by atoms with van der Waals surface area (Å²) in [6.07, 6.45) is 1.11. The fourth-order valence-electron chi connectivity index (χ4n) is 2.34. The Morgan fingerprint density at radius 2 is 2.10 bits per heavy atom. The second kappa shape index (κ2) is 9.41. The molecular weight excluding hydrogens is 354 g/mol. The Morgan fingerprint density at radius 1 is 1.33 bits per heavy atom. The number of nitrogens with one attached hydrogen (secondary N) is 1. The first-order valence-electron chi connectivity index (χ1n) is 7.07. The Bertz CT molecular complexity index is 450. The van der Waals surface area contributed by atoms with Gasteiger partial charge >= 0.3 is 0 Å². The average Bonchev–Trinajstić information content (AvgIpc) is 2.70. The summed E-state index contributed by atoms with van der Waals surface area (Å²) >= 11 is 3.53. The molecule has 0 bridgehead atoms. The maximum Gasteiger partial charge on any atom is 0.236 e. The topological polar surface area (TPSA) is 35.6 Å². The molecule has 1 aromatic rings. The number of hydrogen-bond acceptors (Lipinski definition) is 3. The molecule has 0 radical (unpaired) electrons. The van der Waals surface area contributed by atoms with Gasteiger partial charge in [-0.1, -0.05) is 34.1 Å². The SMILES string of the molecule is CN(Cc1ccccc1Br)C(=O)CN1CCCNCC1.Cl. The van der Waals surface area contributed by atoms with Gasteiger partial charge in [0.15, 0.2) is 0 Å². The Labute approximate surface area is 141 Å². The van der Waals surface area contributed by atoms with Crippen molar-refractivity contribution >= 4 is 34.2 Å². The Morgan fingerprint density at radius 3 is 2.86 bits per heavy atom. The van der Waals surface area contributed by atoms with Crippen molar-refractivity contribution in [2.75, 3.05) is 39.8 Å². The first-order valence-corrected chi connectivity index (χ1v) is 7.86. The predicted octanol–water partition coefficient (Wildman–Crippen LogP) is 2.12. The molecule has 1 fully saturated rings. The van der Waals surface area contributed by atoms with Crippen LogP contribution in [0.4, 0.5) is 0 Å². The first-order chi connectivity index (χ1) is 9.66. The molecule has 0 saturated carbocycles. The zero-order valence-corrected chi connectivity index (χ0v) is 14.8. The van der Waals surface area contributed by atoms with Gasteiger partial charge in [-0.3, -0.25) is 9.69 Å². The van der Waals surface area contributed by atoms with Crippen LogP contribution in [0.2, 0.25) is 0 Å². The Hall–Kier alpha value is -0.620. The van der Waals surface area contributed by atoms with Crippen LogP contribution in [0, 0.1) is 0 Å². The van der Waals surface area contributed by atoms with Gasteiger partial charge in [0, 0.05) is 31.2 Å². The minimum Gasteiger partial charge on any atom is -0.340 e. The lowest BCUT2D eigenvalue weighted by atomic mass is 10.2. The number of carbonyl (C=O) groups is 1. The van der Waals surface area contributed by atoms with E-state index in [-0.39, 0.29) is 18.3 Å². The number of likely N-dealkylation sites (N-methyl/N-ethyl adjacent to an activating group) is 1. The van der Waals surface area contributed by atoms with Crippen LogP contribution >= 0.6 is 28.3 Å². The first kappa shape index (κ1) is 18.4. The fraction of sp³-hybridized carbons (Fsp3) is 0.533. The molecule has 0 atom stereocenters. The van der Waals surface area contributed by atoms with Gasteiger partial charge in [-0.2, -0.15) is 0 Å². The van der Waals surface area contributed by atoms with Crippen LogP contribution in [0.1, 0.15) is 12.0 Å². The van der Waals surface area contributed by atoms with Crippen LogP contribution in [-0.4, -0.2) is 55.5 Å². The van der Waals surface area contributed by atoms with E-state index in [4.69, 9.17) is 0 Å². The lowest BCUT2D eigenvalue weighted by Gasteiger charge is -2.23. The molecule has 1 aliphatic rings. The number of rotatable bonds is 4. The van der Waals surface area contributed by atoms with Crippen molar-refractivity contribution in [2.45, 2.75) is 13.0 Å². The molecule has 1 N–H and O–H groups in total. The van der Waals surface area contributed by atoms with Crippen molar-refractivity contribution in [3.8, 4) is 0 Å². The summed E-state index contributed by atoms with van der Waals surface area (Å²) in [6.45, 7) is 5.14. The number of hydrogen-bond donors (Lipinski definition) is 1. The summed E-state index contributed by atoms with van der Waals surface area (Å²) < 4.78 is 1.05. The maximum absolute atomic E-state index is 12.3. The number of halogens is 2. The van der Waals surface area contributed by atoms with E-state index in [1.807, 2.05) is 31.3 Å². The van der Waals surface area contributed by atoms with E-state index in [1.54, 1.807) is 4.90 Å². The van der Waals surface area contributed by atoms with Crippen molar-refractivity contribution in [3.63, 3.8) is 0 Å². The number of nitrogens with zero attached hydrogens (tertiary/aromatic N) is 2. The van der Waals surface area contributed by atoms with Crippen LogP contribution in [-0.2, 0) is 11.3 Å². The second-order valence-corrected chi connectivity index (χ2v) is 6.08. The maximum atomic E-state index is 12.3. The largest absolute Gasteiger partial charge is 0.340 e. The van der Waals surface area contributed by atoms with Gasteiger partial charge in [0.05, 0.1) is 6.54 Å². The zero-order valence-electron chi connectivity index (χ0n) is 12.3. The van der Waals surface area contributed by atoms with Crippen molar-refractivity contribution in [2.24, 2.45) is 0 Å². The lowest BCUT2D eigenvalue weighted by molar-refractivity contribution is -0.131. The van der Waals surface area contributed by atoms with E-state index in [0.29, 0.717) is 13.1 Å². The third-order valence-electron chi connectivity index (χ3n) is 3.58. The van der Waals surface area contributed by atoms with Crippen molar-refractivity contribution in [3.05, 3.63) is 34.3 Å². The molecule has 118 valence electrons. The molecule has 0 spiro atoms. The molecule has 1 saturated heterocycles. The molecule has 0 aromatic heterocycles. The highest BCUT2D eigenvalue weighted by Gasteiger charge is 2.16. The highest BCUT2D eigenvalue weighted by Crippen LogP contribution is 2.17. The average molecular weight is 377 g/mol. The summed E-state index contributed by atoms with van der Waals surface area (Å²) in [6, 6.07) is 8.04. The highest BCUT2D eigenvalue weighted by atomic mass is 79.9. The molecule has 0 unspecified atom stereocenters. The van der Waals surface area contributed by atoms with E-state index in [1.165, 1.54) is 0 Å². The van der Waals surface area contributed by atoms with Gasteiger partial charge < -0.3 is 10.2 Å². The van der Waals surface area contributed by atoms with E-state index in [2.05, 4.69) is 26.1 Å². The van der Waals surface area contributed by atoms with Gasteiger partial charge in [-0.25, -0.2) is 0 Å². The van der Waals surface area contributed by atoms with Crippen molar-refractivity contribution in [1.82, 2.24) is 15.1 Å². The third-order valence-corrected chi connectivity index (χ3v) is 4.36.